The highest BCUT2D eigenvalue weighted by Gasteiger charge is 2.12. The van der Waals surface area contributed by atoms with Crippen molar-refractivity contribution in [3.8, 4) is 11.5 Å². The third kappa shape index (κ3) is 5.20. The summed E-state index contributed by atoms with van der Waals surface area (Å²) in [5, 5.41) is 0. The summed E-state index contributed by atoms with van der Waals surface area (Å²) in [4.78, 5) is 24.3. The first kappa shape index (κ1) is 19.2. The van der Waals surface area contributed by atoms with Gasteiger partial charge in [0.05, 0.1) is 11.1 Å². The Balaban J connectivity index is 1.48. The monoisotopic (exact) mass is 376 g/mol. The van der Waals surface area contributed by atoms with Crippen molar-refractivity contribution < 1.29 is 23.8 Å². The van der Waals surface area contributed by atoms with Gasteiger partial charge in [0.15, 0.2) is 0 Å². The smallest absolute Gasteiger partial charge is 0.343 e. The minimum absolute atomic E-state index is 0.137. The van der Waals surface area contributed by atoms with Gasteiger partial charge in [-0.2, -0.15) is 0 Å². The number of hydrogen-bond donors (Lipinski definition) is 0. The quantitative estimate of drug-likeness (QED) is 0.346. The van der Waals surface area contributed by atoms with Crippen LogP contribution >= 0.6 is 0 Å². The second-order valence-corrected chi connectivity index (χ2v) is 6.03. The maximum absolute atomic E-state index is 12.2. The SMILES string of the molecule is Cc1ccccc1C(=O)Oc1ccc(C(=O)OCCOc2ccccc2)cc1. The zero-order valence-electron chi connectivity index (χ0n) is 15.5. The van der Waals surface area contributed by atoms with Gasteiger partial charge in [-0.1, -0.05) is 36.4 Å². The van der Waals surface area contributed by atoms with Gasteiger partial charge in [-0.3, -0.25) is 0 Å². The van der Waals surface area contributed by atoms with Gasteiger partial charge in [-0.05, 0) is 55.0 Å². The van der Waals surface area contributed by atoms with Crippen molar-refractivity contribution in [1.82, 2.24) is 0 Å². The van der Waals surface area contributed by atoms with Gasteiger partial charge in [-0.25, -0.2) is 9.59 Å². The molecule has 0 unspecified atom stereocenters. The van der Waals surface area contributed by atoms with Crippen molar-refractivity contribution in [2.24, 2.45) is 0 Å². The number of ether oxygens (including phenoxy) is 3. The number of carbonyl (C=O) groups is 2. The molecule has 3 aromatic rings. The minimum atomic E-state index is -0.464. The van der Waals surface area contributed by atoms with Gasteiger partial charge in [0.25, 0.3) is 0 Å². The van der Waals surface area contributed by atoms with Crippen LogP contribution in [0.25, 0.3) is 0 Å². The number of benzene rings is 3. The van der Waals surface area contributed by atoms with E-state index in [-0.39, 0.29) is 13.2 Å². The second-order valence-electron chi connectivity index (χ2n) is 6.03. The molecule has 0 bridgehead atoms. The first-order valence-electron chi connectivity index (χ1n) is 8.86. The molecule has 0 aromatic heterocycles. The summed E-state index contributed by atoms with van der Waals surface area (Å²) >= 11 is 0. The molecule has 3 rings (SSSR count). The van der Waals surface area contributed by atoms with Crippen LogP contribution in [-0.4, -0.2) is 25.2 Å². The lowest BCUT2D eigenvalue weighted by Crippen LogP contribution is -2.13. The Labute approximate surface area is 163 Å². The number of rotatable bonds is 7. The number of para-hydroxylation sites is 1. The Bertz CT molecular complexity index is 933. The normalized spacial score (nSPS) is 10.2. The summed E-state index contributed by atoms with van der Waals surface area (Å²) in [7, 11) is 0. The van der Waals surface area contributed by atoms with Crippen LogP contribution in [0.15, 0.2) is 78.9 Å². The average molecular weight is 376 g/mol. The van der Waals surface area contributed by atoms with Crippen molar-refractivity contribution in [2.45, 2.75) is 6.92 Å². The Morgan fingerprint density at radius 1 is 0.714 bits per heavy atom. The largest absolute Gasteiger partial charge is 0.490 e. The van der Waals surface area contributed by atoms with Gasteiger partial charge >= 0.3 is 11.9 Å². The van der Waals surface area contributed by atoms with Crippen LogP contribution in [0.5, 0.6) is 11.5 Å². The lowest BCUT2D eigenvalue weighted by Gasteiger charge is -2.08. The van der Waals surface area contributed by atoms with Crippen molar-refractivity contribution >= 4 is 11.9 Å². The van der Waals surface area contributed by atoms with E-state index in [0.717, 1.165) is 11.3 Å². The highest BCUT2D eigenvalue weighted by atomic mass is 16.6. The molecule has 0 N–H and O–H groups in total. The fraction of sp³-hybridized carbons (Fsp3) is 0.130. The van der Waals surface area contributed by atoms with E-state index in [1.807, 2.05) is 49.4 Å². The lowest BCUT2D eigenvalue weighted by molar-refractivity contribution is 0.0450. The van der Waals surface area contributed by atoms with Crippen LogP contribution in [0, 0.1) is 6.92 Å². The molecule has 0 radical (unpaired) electrons. The summed E-state index contributed by atoms with van der Waals surface area (Å²) in [5.41, 5.74) is 1.71. The minimum Gasteiger partial charge on any atom is -0.490 e. The number of hydrogen-bond acceptors (Lipinski definition) is 5. The molecule has 0 spiro atoms. The van der Waals surface area contributed by atoms with E-state index in [0.29, 0.717) is 16.9 Å². The molecule has 0 saturated carbocycles. The number of esters is 2. The van der Waals surface area contributed by atoms with Crippen LogP contribution in [0.1, 0.15) is 26.3 Å². The summed E-state index contributed by atoms with van der Waals surface area (Å²) in [6.45, 7) is 2.25. The predicted molar refractivity (Wildman–Crippen MR) is 105 cm³/mol. The Morgan fingerprint density at radius 3 is 2.11 bits per heavy atom. The van der Waals surface area contributed by atoms with Crippen molar-refractivity contribution in [1.29, 1.82) is 0 Å². The topological polar surface area (TPSA) is 61.8 Å². The highest BCUT2D eigenvalue weighted by Crippen LogP contribution is 2.16. The molecule has 0 atom stereocenters. The maximum atomic E-state index is 12.2. The molecule has 0 aliphatic carbocycles. The molecular formula is C23H20O5. The summed E-state index contributed by atoms with van der Waals surface area (Å²) in [5.74, 6) is 0.176. The average Bonchev–Trinajstić information content (AvgIpc) is 2.72. The summed E-state index contributed by atoms with van der Waals surface area (Å²) < 4.78 is 16.0. The first-order valence-corrected chi connectivity index (χ1v) is 8.86. The van der Waals surface area contributed by atoms with Crippen LogP contribution in [0.3, 0.4) is 0 Å². The van der Waals surface area contributed by atoms with Crippen LogP contribution in [0.4, 0.5) is 0 Å². The van der Waals surface area contributed by atoms with Gasteiger partial charge in [-0.15, -0.1) is 0 Å². The van der Waals surface area contributed by atoms with E-state index in [4.69, 9.17) is 14.2 Å². The molecular weight excluding hydrogens is 356 g/mol. The van der Waals surface area contributed by atoms with E-state index in [2.05, 4.69) is 0 Å². The number of aryl methyl sites for hydroxylation is 1. The van der Waals surface area contributed by atoms with Crippen LogP contribution in [-0.2, 0) is 4.74 Å². The Hall–Kier alpha value is -3.60. The van der Waals surface area contributed by atoms with Gasteiger partial charge in [0.2, 0.25) is 0 Å². The molecule has 0 fully saturated rings. The predicted octanol–water partition coefficient (Wildman–Crippen LogP) is 4.45. The van der Waals surface area contributed by atoms with Crippen LogP contribution < -0.4 is 9.47 Å². The van der Waals surface area contributed by atoms with Gasteiger partial charge < -0.3 is 14.2 Å². The molecule has 0 aliphatic rings. The first-order chi connectivity index (χ1) is 13.6. The maximum Gasteiger partial charge on any atom is 0.343 e. The fourth-order valence-corrected chi connectivity index (χ4v) is 2.52. The van der Waals surface area contributed by atoms with Gasteiger partial charge in [0, 0.05) is 0 Å². The van der Waals surface area contributed by atoms with Gasteiger partial charge in [0.1, 0.15) is 24.7 Å². The molecule has 0 saturated heterocycles. The van der Waals surface area contributed by atoms with Crippen molar-refractivity contribution in [3.63, 3.8) is 0 Å². The van der Waals surface area contributed by atoms with E-state index >= 15 is 0 Å². The zero-order chi connectivity index (χ0) is 19.8. The molecule has 5 heteroatoms. The van der Waals surface area contributed by atoms with Crippen molar-refractivity contribution in [2.75, 3.05) is 13.2 Å². The Morgan fingerprint density at radius 2 is 1.39 bits per heavy atom. The summed E-state index contributed by atoms with van der Waals surface area (Å²) in [6.07, 6.45) is 0. The fourth-order valence-electron chi connectivity index (χ4n) is 2.52. The molecule has 142 valence electrons. The molecule has 0 amide bonds. The second kappa shape index (κ2) is 9.37. The van der Waals surface area contributed by atoms with E-state index in [9.17, 15) is 9.59 Å². The molecule has 0 aliphatic heterocycles. The molecule has 0 heterocycles. The zero-order valence-corrected chi connectivity index (χ0v) is 15.5. The molecule has 28 heavy (non-hydrogen) atoms. The molecule has 3 aromatic carbocycles. The summed E-state index contributed by atoms with van der Waals surface area (Å²) in [6, 6.07) is 22.7. The van der Waals surface area contributed by atoms with Crippen LogP contribution in [0.2, 0.25) is 0 Å². The number of carbonyl (C=O) groups excluding carboxylic acids is 2. The van der Waals surface area contributed by atoms with E-state index < -0.39 is 11.9 Å². The standard InChI is InChI=1S/C23H20O5/c1-17-7-5-6-10-21(17)23(25)28-20-13-11-18(12-14-20)22(24)27-16-15-26-19-8-3-2-4-9-19/h2-14H,15-16H2,1H3. The Kier molecular flexibility index (Phi) is 6.41. The lowest BCUT2D eigenvalue weighted by atomic mass is 10.1. The third-order valence-corrected chi connectivity index (χ3v) is 3.99. The third-order valence-electron chi connectivity index (χ3n) is 3.99. The van der Waals surface area contributed by atoms with E-state index in [1.165, 1.54) is 0 Å². The van der Waals surface area contributed by atoms with Crippen molar-refractivity contribution in [3.05, 3.63) is 95.6 Å². The highest BCUT2D eigenvalue weighted by molar-refractivity contribution is 5.93. The van der Waals surface area contributed by atoms with E-state index in [1.54, 1.807) is 36.4 Å². The molecule has 5 nitrogen and oxygen atoms in total.